The Morgan fingerprint density at radius 2 is 1.77 bits per heavy atom. The van der Waals surface area contributed by atoms with E-state index in [0.29, 0.717) is 6.54 Å². The summed E-state index contributed by atoms with van der Waals surface area (Å²) in [4.78, 5) is 14.2. The summed E-state index contributed by atoms with van der Waals surface area (Å²) >= 11 is 0. The molecule has 1 unspecified atom stereocenters. The van der Waals surface area contributed by atoms with Gasteiger partial charge in [0.15, 0.2) is 0 Å². The lowest BCUT2D eigenvalue weighted by Crippen LogP contribution is -2.38. The molecule has 0 bridgehead atoms. The Labute approximate surface area is 131 Å². The van der Waals surface area contributed by atoms with Gasteiger partial charge in [-0.25, -0.2) is 0 Å². The number of nitrogens with two attached hydrogens (primary N) is 1. The molecule has 0 saturated carbocycles. The van der Waals surface area contributed by atoms with Gasteiger partial charge in [-0.1, -0.05) is 48.0 Å². The molecule has 0 aliphatic rings. The third kappa shape index (κ3) is 4.33. The van der Waals surface area contributed by atoms with Gasteiger partial charge in [-0.15, -0.1) is 0 Å². The molecule has 1 atom stereocenters. The van der Waals surface area contributed by atoms with Crippen molar-refractivity contribution in [3.8, 4) is 0 Å². The van der Waals surface area contributed by atoms with Crippen LogP contribution in [0.1, 0.15) is 17.2 Å². The van der Waals surface area contributed by atoms with E-state index in [1.165, 1.54) is 0 Å². The first-order valence-electron chi connectivity index (χ1n) is 7.44. The second kappa shape index (κ2) is 7.61. The molecule has 2 rings (SSSR count). The third-order valence-electron chi connectivity index (χ3n) is 3.66. The first-order chi connectivity index (χ1) is 10.6. The number of hydrogen-bond donors (Lipinski definition) is 2. The summed E-state index contributed by atoms with van der Waals surface area (Å²) in [6.45, 7) is 3.30. The van der Waals surface area contributed by atoms with Gasteiger partial charge in [0.25, 0.3) is 0 Å². The predicted molar refractivity (Wildman–Crippen MR) is 90.8 cm³/mol. The first-order valence-corrected chi connectivity index (χ1v) is 7.44. The quantitative estimate of drug-likeness (QED) is 0.860. The van der Waals surface area contributed by atoms with Gasteiger partial charge in [-0.05, 0) is 24.6 Å². The fraction of sp³-hybridized carbons (Fsp3) is 0.278. The van der Waals surface area contributed by atoms with E-state index in [1.807, 2.05) is 68.6 Å². The van der Waals surface area contributed by atoms with Crippen LogP contribution >= 0.6 is 0 Å². The van der Waals surface area contributed by atoms with Crippen LogP contribution in [-0.2, 0) is 4.79 Å². The van der Waals surface area contributed by atoms with E-state index in [0.717, 1.165) is 23.4 Å². The van der Waals surface area contributed by atoms with E-state index < -0.39 is 6.04 Å². The molecular weight excluding hydrogens is 274 g/mol. The van der Waals surface area contributed by atoms with Crippen molar-refractivity contribution < 1.29 is 4.79 Å². The molecule has 4 heteroatoms. The van der Waals surface area contributed by atoms with E-state index in [4.69, 9.17) is 5.73 Å². The number of amides is 1. The van der Waals surface area contributed by atoms with Crippen molar-refractivity contribution in [3.63, 3.8) is 0 Å². The highest BCUT2D eigenvalue weighted by atomic mass is 16.2. The van der Waals surface area contributed by atoms with Gasteiger partial charge in [-0.3, -0.25) is 4.79 Å². The summed E-state index contributed by atoms with van der Waals surface area (Å²) in [5.74, 6) is -0.148. The average Bonchev–Trinajstić information content (AvgIpc) is 2.55. The zero-order valence-corrected chi connectivity index (χ0v) is 13.1. The number of hydrogen-bond acceptors (Lipinski definition) is 3. The van der Waals surface area contributed by atoms with Crippen LogP contribution in [0.2, 0.25) is 0 Å². The minimum Gasteiger partial charge on any atom is -0.373 e. The lowest BCUT2D eigenvalue weighted by Gasteiger charge is -2.20. The second-order valence-electron chi connectivity index (χ2n) is 5.44. The van der Waals surface area contributed by atoms with Crippen molar-refractivity contribution in [1.29, 1.82) is 0 Å². The largest absolute Gasteiger partial charge is 0.373 e. The molecular formula is C18H23N3O. The van der Waals surface area contributed by atoms with E-state index in [9.17, 15) is 4.79 Å². The Hall–Kier alpha value is -2.33. The molecule has 0 aliphatic heterocycles. The van der Waals surface area contributed by atoms with Crippen LogP contribution in [0.15, 0.2) is 54.6 Å². The average molecular weight is 297 g/mol. The molecule has 0 spiro atoms. The molecule has 2 aromatic carbocycles. The monoisotopic (exact) mass is 297 g/mol. The number of nitrogens with one attached hydrogen (secondary N) is 1. The maximum atomic E-state index is 12.1. The number of benzene rings is 2. The number of carbonyl (C=O) groups excluding carboxylic acids is 1. The molecule has 0 saturated heterocycles. The Balaban J connectivity index is 1.81. The van der Waals surface area contributed by atoms with Crippen molar-refractivity contribution in [2.24, 2.45) is 5.73 Å². The van der Waals surface area contributed by atoms with Gasteiger partial charge in [0.05, 0.1) is 0 Å². The van der Waals surface area contributed by atoms with Crippen molar-refractivity contribution in [2.45, 2.75) is 13.0 Å². The fourth-order valence-corrected chi connectivity index (χ4v) is 2.19. The van der Waals surface area contributed by atoms with Crippen molar-refractivity contribution >= 4 is 11.6 Å². The summed E-state index contributed by atoms with van der Waals surface area (Å²) in [5.41, 5.74) is 9.10. The third-order valence-corrected chi connectivity index (χ3v) is 3.66. The van der Waals surface area contributed by atoms with Crippen LogP contribution in [0.4, 0.5) is 5.69 Å². The molecule has 22 heavy (non-hydrogen) atoms. The van der Waals surface area contributed by atoms with Crippen molar-refractivity contribution in [3.05, 3.63) is 65.7 Å². The molecule has 0 aromatic heterocycles. The fourth-order valence-electron chi connectivity index (χ4n) is 2.19. The summed E-state index contributed by atoms with van der Waals surface area (Å²) in [6, 6.07) is 17.2. The molecule has 4 nitrogen and oxygen atoms in total. The van der Waals surface area contributed by atoms with Crippen LogP contribution in [-0.4, -0.2) is 26.0 Å². The van der Waals surface area contributed by atoms with E-state index in [2.05, 4.69) is 10.2 Å². The Bertz CT molecular complexity index is 595. The smallest absolute Gasteiger partial charge is 0.241 e. The SMILES string of the molecule is Cc1ccc(C(N)C(=O)NCCN(C)c2ccccc2)cc1. The summed E-state index contributed by atoms with van der Waals surface area (Å²) in [6.07, 6.45) is 0. The molecule has 0 fully saturated rings. The van der Waals surface area contributed by atoms with Gasteiger partial charge in [-0.2, -0.15) is 0 Å². The lowest BCUT2D eigenvalue weighted by atomic mass is 10.1. The van der Waals surface area contributed by atoms with Crippen LogP contribution in [0.25, 0.3) is 0 Å². The molecule has 0 radical (unpaired) electrons. The number of nitrogens with zero attached hydrogens (tertiary/aromatic N) is 1. The second-order valence-corrected chi connectivity index (χ2v) is 5.44. The highest BCUT2D eigenvalue weighted by Gasteiger charge is 2.15. The maximum absolute atomic E-state index is 12.1. The van der Waals surface area contributed by atoms with Crippen molar-refractivity contribution in [1.82, 2.24) is 5.32 Å². The normalized spacial score (nSPS) is 11.8. The number of carbonyl (C=O) groups is 1. The van der Waals surface area contributed by atoms with Crippen LogP contribution in [0.3, 0.4) is 0 Å². The van der Waals surface area contributed by atoms with Crippen LogP contribution < -0.4 is 16.0 Å². The number of anilines is 1. The Morgan fingerprint density at radius 3 is 2.41 bits per heavy atom. The number of aryl methyl sites for hydroxylation is 1. The minimum atomic E-state index is -0.623. The highest BCUT2D eigenvalue weighted by molar-refractivity contribution is 5.82. The zero-order valence-electron chi connectivity index (χ0n) is 13.1. The molecule has 2 aromatic rings. The van der Waals surface area contributed by atoms with Crippen LogP contribution in [0.5, 0.6) is 0 Å². The zero-order chi connectivity index (χ0) is 15.9. The molecule has 0 heterocycles. The number of rotatable bonds is 6. The Kier molecular flexibility index (Phi) is 5.55. The summed E-state index contributed by atoms with van der Waals surface area (Å²) < 4.78 is 0. The van der Waals surface area contributed by atoms with Crippen molar-refractivity contribution in [2.75, 3.05) is 25.0 Å². The lowest BCUT2D eigenvalue weighted by molar-refractivity contribution is -0.122. The molecule has 1 amide bonds. The van der Waals surface area contributed by atoms with E-state index in [1.54, 1.807) is 0 Å². The number of para-hydroxylation sites is 1. The standard InChI is InChI=1S/C18H23N3O/c1-14-8-10-15(11-9-14)17(19)18(22)20-12-13-21(2)16-6-4-3-5-7-16/h3-11,17H,12-13,19H2,1-2H3,(H,20,22). The van der Waals surface area contributed by atoms with Gasteiger partial charge < -0.3 is 16.0 Å². The summed E-state index contributed by atoms with van der Waals surface area (Å²) in [7, 11) is 2.00. The molecule has 3 N–H and O–H groups in total. The van der Waals surface area contributed by atoms with E-state index >= 15 is 0 Å². The highest BCUT2D eigenvalue weighted by Crippen LogP contribution is 2.12. The molecule has 116 valence electrons. The molecule has 0 aliphatic carbocycles. The van der Waals surface area contributed by atoms with Crippen LogP contribution in [0, 0.1) is 6.92 Å². The van der Waals surface area contributed by atoms with E-state index in [-0.39, 0.29) is 5.91 Å². The topological polar surface area (TPSA) is 58.4 Å². The predicted octanol–water partition coefficient (Wildman–Crippen LogP) is 2.25. The van der Waals surface area contributed by atoms with Gasteiger partial charge in [0, 0.05) is 25.8 Å². The first kappa shape index (κ1) is 16.0. The minimum absolute atomic E-state index is 0.148. The number of likely N-dealkylation sites (N-methyl/N-ethyl adjacent to an activating group) is 1. The Morgan fingerprint density at radius 1 is 1.14 bits per heavy atom. The van der Waals surface area contributed by atoms with Gasteiger partial charge in [0.1, 0.15) is 6.04 Å². The summed E-state index contributed by atoms with van der Waals surface area (Å²) in [5, 5.41) is 2.89. The van der Waals surface area contributed by atoms with Gasteiger partial charge >= 0.3 is 0 Å². The van der Waals surface area contributed by atoms with Gasteiger partial charge in [0.2, 0.25) is 5.91 Å². The maximum Gasteiger partial charge on any atom is 0.241 e.